The number of aliphatic hydroxyl groups is 3. The summed E-state index contributed by atoms with van der Waals surface area (Å²) >= 11 is 0. The lowest BCUT2D eigenvalue weighted by Crippen LogP contribution is -2.65. The van der Waals surface area contributed by atoms with Crippen molar-refractivity contribution >= 4 is 34.6 Å². The number of aromatic hydroxyl groups is 1. The average Bonchev–Trinajstić information content (AvgIpc) is 3.01. The van der Waals surface area contributed by atoms with Gasteiger partial charge in [0.1, 0.15) is 22.8 Å². The fraction of sp³-hybridized carbons (Fsp3) is 0.472. The largest absolute Gasteiger partial charge is 0.508 e. The standard InChI is InChI=1S/C35H43N5O7.CH4/c1-38(2)24-16-23(37-20-10-12-40(13-11-20)17-18-8-6-5-7-9-18)29(41)26-21(24)14-19-15-22-28(39(3)4)31(43)27(34(36)46)33(45)35(22,47)32(44)25(19)30(26)42;/h5-9,16,19-20,22,28,37,41-42,45,47H,10-15,17H2,1-4H3,(H2,36,46);1H4/t19-,22-,28-,35-;/m1./s1. The molecule has 1 saturated heterocycles. The molecule has 4 aliphatic rings. The number of hydrogen-bond acceptors (Lipinski definition) is 11. The number of phenols is 1. The average molecular weight is 662 g/mol. The highest BCUT2D eigenvalue weighted by Gasteiger charge is 2.64. The number of rotatable bonds is 7. The van der Waals surface area contributed by atoms with Gasteiger partial charge in [0.2, 0.25) is 5.78 Å². The molecule has 0 spiro atoms. The highest BCUT2D eigenvalue weighted by molar-refractivity contribution is 6.24. The van der Waals surface area contributed by atoms with Crippen LogP contribution in [0.2, 0.25) is 0 Å². The van der Waals surface area contributed by atoms with Crippen LogP contribution in [0.5, 0.6) is 5.75 Å². The fourth-order valence-corrected chi connectivity index (χ4v) is 8.10. The zero-order valence-electron chi connectivity index (χ0n) is 27.2. The van der Waals surface area contributed by atoms with Gasteiger partial charge >= 0.3 is 0 Å². The molecule has 2 aromatic carbocycles. The summed E-state index contributed by atoms with van der Waals surface area (Å²) in [6, 6.07) is 11.1. The SMILES string of the molecule is C.CN(C)c1cc(NC2CCN(Cc3ccccc3)CC2)c(O)c2c1C[C@@H]1C[C@@H]3[C@@H](N(C)C)C(=O)C(C(N)=O)=C(O)[C@]3(O)C(=O)C1=C2O. The number of hydrogen-bond donors (Lipinski definition) is 6. The van der Waals surface area contributed by atoms with Crippen molar-refractivity contribution in [3.05, 3.63) is 70.0 Å². The monoisotopic (exact) mass is 661 g/mol. The third kappa shape index (κ3) is 5.51. The second-order valence-electron chi connectivity index (χ2n) is 13.7. The number of likely N-dealkylation sites (N-methyl/N-ethyl adjacent to an activating group) is 1. The highest BCUT2D eigenvalue weighted by Crippen LogP contribution is 2.54. The number of aliphatic hydroxyl groups excluding tert-OH is 2. The van der Waals surface area contributed by atoms with E-state index in [1.807, 2.05) is 43.3 Å². The van der Waals surface area contributed by atoms with Crippen LogP contribution in [0.25, 0.3) is 5.76 Å². The summed E-state index contributed by atoms with van der Waals surface area (Å²) in [7, 11) is 6.87. The molecule has 2 aromatic rings. The molecule has 1 heterocycles. The second-order valence-corrected chi connectivity index (χ2v) is 13.7. The Morgan fingerprint density at radius 1 is 1.06 bits per heavy atom. The van der Waals surface area contributed by atoms with Crippen molar-refractivity contribution in [2.45, 2.75) is 57.3 Å². The molecule has 1 amide bonds. The van der Waals surface area contributed by atoms with Crippen LogP contribution in [0.15, 0.2) is 53.3 Å². The van der Waals surface area contributed by atoms with Crippen molar-refractivity contribution in [1.29, 1.82) is 0 Å². The lowest BCUT2D eigenvalue weighted by Gasteiger charge is -2.50. The Bertz CT molecular complexity index is 1690. The van der Waals surface area contributed by atoms with E-state index in [2.05, 4.69) is 22.3 Å². The van der Waals surface area contributed by atoms with E-state index >= 15 is 0 Å². The number of carbonyl (C=O) groups is 3. The number of piperidine rings is 1. The van der Waals surface area contributed by atoms with Crippen molar-refractivity contribution in [2.75, 3.05) is 51.5 Å². The Kier molecular flexibility index (Phi) is 9.39. The molecule has 7 N–H and O–H groups in total. The van der Waals surface area contributed by atoms with Crippen molar-refractivity contribution in [1.82, 2.24) is 9.80 Å². The van der Waals surface area contributed by atoms with Gasteiger partial charge in [-0.3, -0.25) is 24.2 Å². The molecule has 4 atom stereocenters. The number of primary amides is 1. The van der Waals surface area contributed by atoms with Gasteiger partial charge in [0.05, 0.1) is 17.3 Å². The molecule has 0 unspecified atom stereocenters. The summed E-state index contributed by atoms with van der Waals surface area (Å²) < 4.78 is 0. The minimum atomic E-state index is -2.67. The Balaban J connectivity index is 0.00000451. The van der Waals surface area contributed by atoms with E-state index < -0.39 is 58.0 Å². The number of nitrogens with two attached hydrogens (primary N) is 1. The quantitative estimate of drug-likeness (QED) is 0.190. The van der Waals surface area contributed by atoms with Gasteiger partial charge in [0.25, 0.3) is 5.91 Å². The van der Waals surface area contributed by atoms with Gasteiger partial charge < -0.3 is 36.4 Å². The maximum Gasteiger partial charge on any atom is 0.255 e. The summed E-state index contributed by atoms with van der Waals surface area (Å²) in [5.41, 5.74) is 4.88. The summed E-state index contributed by atoms with van der Waals surface area (Å²) in [6.07, 6.45) is 1.94. The van der Waals surface area contributed by atoms with Gasteiger partial charge in [-0.2, -0.15) is 0 Å². The van der Waals surface area contributed by atoms with Crippen LogP contribution < -0.4 is 16.0 Å². The van der Waals surface area contributed by atoms with Crippen LogP contribution >= 0.6 is 0 Å². The van der Waals surface area contributed by atoms with Gasteiger partial charge in [-0.05, 0) is 62.9 Å². The molecule has 0 aromatic heterocycles. The predicted octanol–water partition coefficient (Wildman–Crippen LogP) is 2.74. The Hall–Kier alpha value is -4.39. The maximum atomic E-state index is 14.2. The molecule has 12 heteroatoms. The number of carbonyl (C=O) groups excluding carboxylic acids is 3. The van der Waals surface area contributed by atoms with Gasteiger partial charge in [-0.15, -0.1) is 0 Å². The van der Waals surface area contributed by atoms with Crippen LogP contribution in [0, 0.1) is 11.8 Å². The van der Waals surface area contributed by atoms with Crippen LogP contribution in [-0.4, -0.2) is 107 Å². The molecule has 0 radical (unpaired) electrons. The molecule has 12 nitrogen and oxygen atoms in total. The number of benzene rings is 2. The van der Waals surface area contributed by atoms with E-state index in [0.29, 0.717) is 11.3 Å². The summed E-state index contributed by atoms with van der Waals surface area (Å²) in [5, 5.41) is 49.9. The highest BCUT2D eigenvalue weighted by atomic mass is 16.3. The van der Waals surface area contributed by atoms with E-state index in [1.165, 1.54) is 10.5 Å². The maximum absolute atomic E-state index is 14.2. The van der Waals surface area contributed by atoms with Crippen molar-refractivity contribution in [2.24, 2.45) is 17.6 Å². The minimum absolute atomic E-state index is 0. The van der Waals surface area contributed by atoms with E-state index in [4.69, 9.17) is 5.73 Å². The molecule has 1 saturated carbocycles. The minimum Gasteiger partial charge on any atom is -0.508 e. The number of ketones is 2. The molecular formula is C36H47N5O7. The first-order valence-corrected chi connectivity index (χ1v) is 16.0. The van der Waals surface area contributed by atoms with Crippen LogP contribution in [0.3, 0.4) is 0 Å². The van der Waals surface area contributed by atoms with Crippen molar-refractivity contribution < 1.29 is 34.8 Å². The van der Waals surface area contributed by atoms with Gasteiger partial charge in [0, 0.05) is 56.9 Å². The Morgan fingerprint density at radius 2 is 1.71 bits per heavy atom. The molecule has 1 aliphatic heterocycles. The Labute approximate surface area is 281 Å². The Morgan fingerprint density at radius 3 is 2.29 bits per heavy atom. The summed E-state index contributed by atoms with van der Waals surface area (Å²) in [6.45, 7) is 2.59. The van der Waals surface area contributed by atoms with E-state index in [0.717, 1.165) is 38.2 Å². The van der Waals surface area contributed by atoms with Crippen molar-refractivity contribution in [3.63, 3.8) is 0 Å². The third-order valence-electron chi connectivity index (χ3n) is 10.4. The molecule has 0 bridgehead atoms. The second kappa shape index (κ2) is 12.9. The smallest absolute Gasteiger partial charge is 0.255 e. The summed E-state index contributed by atoms with van der Waals surface area (Å²) in [4.78, 5) is 45.6. The van der Waals surface area contributed by atoms with Gasteiger partial charge in [-0.1, -0.05) is 37.8 Å². The summed E-state index contributed by atoms with van der Waals surface area (Å²) in [5.74, 6) is -6.62. The first-order chi connectivity index (χ1) is 22.2. The molecule has 6 rings (SSSR count). The first kappa shape index (κ1) is 34.9. The van der Waals surface area contributed by atoms with E-state index in [9.17, 15) is 34.8 Å². The lowest BCUT2D eigenvalue weighted by molar-refractivity contribution is -0.153. The van der Waals surface area contributed by atoms with Crippen LogP contribution in [-0.2, 0) is 27.3 Å². The number of phenolic OH excluding ortho intramolecular Hbond substituents is 1. The number of Topliss-reactive ketones (excluding diaryl/α,β-unsaturated/α-hetero) is 2. The lowest BCUT2D eigenvalue weighted by atomic mass is 9.57. The molecule has 48 heavy (non-hydrogen) atoms. The topological polar surface area (TPSA) is 180 Å². The van der Waals surface area contributed by atoms with Crippen LogP contribution in [0.4, 0.5) is 11.4 Å². The predicted molar refractivity (Wildman–Crippen MR) is 184 cm³/mol. The van der Waals surface area contributed by atoms with Gasteiger partial charge in [0.15, 0.2) is 11.4 Å². The number of likely N-dealkylation sites (tertiary alicyclic amines) is 1. The van der Waals surface area contributed by atoms with E-state index in [-0.39, 0.29) is 43.2 Å². The first-order valence-electron chi connectivity index (χ1n) is 16.0. The number of fused-ring (bicyclic) bond motifs is 3. The molecule has 2 fully saturated rings. The molecular weight excluding hydrogens is 614 g/mol. The van der Waals surface area contributed by atoms with Crippen LogP contribution in [0.1, 0.15) is 43.4 Å². The number of anilines is 2. The number of nitrogens with zero attached hydrogens (tertiary/aromatic N) is 3. The zero-order valence-corrected chi connectivity index (χ0v) is 27.2. The van der Waals surface area contributed by atoms with Gasteiger partial charge in [-0.25, -0.2) is 0 Å². The fourth-order valence-electron chi connectivity index (χ4n) is 8.10. The van der Waals surface area contributed by atoms with Crippen molar-refractivity contribution in [3.8, 4) is 5.75 Å². The zero-order chi connectivity index (χ0) is 33.9. The number of amides is 1. The molecule has 3 aliphatic carbocycles. The normalized spacial score (nSPS) is 26.1. The number of nitrogens with one attached hydrogen (secondary N) is 1. The third-order valence-corrected chi connectivity index (χ3v) is 10.4. The van der Waals surface area contributed by atoms with E-state index in [1.54, 1.807) is 14.1 Å². The molecule has 258 valence electrons.